The van der Waals surface area contributed by atoms with Gasteiger partial charge in [-0.2, -0.15) is 5.26 Å². The number of hydrogen-bond acceptors (Lipinski definition) is 10. The van der Waals surface area contributed by atoms with Crippen molar-refractivity contribution >= 4 is 46.8 Å². The molecule has 3 fully saturated rings. The zero-order chi connectivity index (χ0) is 39.1. The molecule has 2 N–H and O–H groups in total. The van der Waals surface area contributed by atoms with E-state index in [9.17, 15) is 24.0 Å². The Balaban J connectivity index is 0.763. The Morgan fingerprint density at radius 1 is 0.946 bits per heavy atom. The number of pyridine rings is 1. The number of carbonyl (C=O) groups excluding carboxylic acids is 5. The monoisotopic (exact) mass is 777 g/mol. The molecule has 2 saturated carbocycles. The van der Waals surface area contributed by atoms with Gasteiger partial charge in [0.2, 0.25) is 17.7 Å². The first-order valence-corrected chi connectivity index (χ1v) is 19.9. The lowest BCUT2D eigenvalue weighted by Crippen LogP contribution is -2.54. The lowest BCUT2D eigenvalue weighted by Gasteiger charge is -2.36. The molecule has 0 spiro atoms. The molecule has 1 aromatic heterocycles. The van der Waals surface area contributed by atoms with Crippen LogP contribution in [0.25, 0.3) is 0 Å². The minimum atomic E-state index is -0.966. The van der Waals surface area contributed by atoms with Gasteiger partial charge in [0.25, 0.3) is 17.7 Å². The lowest BCUT2D eigenvalue weighted by molar-refractivity contribution is -0.136. The summed E-state index contributed by atoms with van der Waals surface area (Å²) in [5, 5.41) is 15.0. The molecule has 14 heteroatoms. The molecule has 4 heterocycles. The van der Waals surface area contributed by atoms with Crippen molar-refractivity contribution in [2.45, 2.75) is 102 Å². The standard InChI is InChI=1S/C42H44ClN7O6/c1-48(31-8-4-25(19-44)35(43)18-31)30-9-6-29(7-10-30)46-39(52)26-5-15-38(45-20-26)56-32-11-2-24(3-12-32)21-49-22-27-16-33-34(17-28(27)23-49)42(55)50(41(33)54)36-13-14-37(51)47-40(36)53/h4-5,8,15-18,20,24,29-30,32,36H,2-3,6-7,9-14,21-23H2,1H3,(H,46,52)(H,47,51,53)/t24-,29-,30-,32-,36?. The number of nitrogens with zero attached hydrogens (tertiary/aromatic N) is 5. The van der Waals surface area contributed by atoms with Crippen LogP contribution in [0.15, 0.2) is 48.7 Å². The number of nitriles is 1. The second-order valence-corrected chi connectivity index (χ2v) is 16.2. The van der Waals surface area contributed by atoms with Crippen LogP contribution in [0.4, 0.5) is 5.69 Å². The Hall–Kier alpha value is -5.32. The summed E-state index contributed by atoms with van der Waals surface area (Å²) in [4.78, 5) is 73.7. The van der Waals surface area contributed by atoms with Gasteiger partial charge in [0.05, 0.1) is 27.3 Å². The summed E-state index contributed by atoms with van der Waals surface area (Å²) < 4.78 is 6.23. The third-order valence-electron chi connectivity index (χ3n) is 12.2. The Labute approximate surface area is 330 Å². The van der Waals surface area contributed by atoms with E-state index in [1.165, 1.54) is 0 Å². The number of hydrogen-bond donors (Lipinski definition) is 2. The maximum atomic E-state index is 13.3. The Kier molecular flexibility index (Phi) is 10.5. The van der Waals surface area contributed by atoms with Crippen LogP contribution in [0.1, 0.15) is 112 Å². The van der Waals surface area contributed by atoms with Crippen LogP contribution >= 0.6 is 11.6 Å². The van der Waals surface area contributed by atoms with E-state index in [0.717, 1.165) is 79.6 Å². The van der Waals surface area contributed by atoms with Gasteiger partial charge in [-0.1, -0.05) is 11.6 Å². The molecule has 3 aliphatic heterocycles. The number of anilines is 1. The highest BCUT2D eigenvalue weighted by atomic mass is 35.5. The number of benzene rings is 2. The fourth-order valence-corrected chi connectivity index (χ4v) is 9.24. The van der Waals surface area contributed by atoms with E-state index in [4.69, 9.17) is 21.6 Å². The molecule has 2 aliphatic carbocycles. The number of halogens is 1. The molecule has 13 nitrogen and oxygen atoms in total. The first-order valence-electron chi connectivity index (χ1n) is 19.5. The Morgan fingerprint density at radius 3 is 2.25 bits per heavy atom. The summed E-state index contributed by atoms with van der Waals surface area (Å²) >= 11 is 6.26. The predicted molar refractivity (Wildman–Crippen MR) is 206 cm³/mol. The van der Waals surface area contributed by atoms with E-state index in [-0.39, 0.29) is 30.9 Å². The number of carbonyl (C=O) groups is 5. The topological polar surface area (TPSA) is 165 Å². The van der Waals surface area contributed by atoms with E-state index < -0.39 is 29.7 Å². The van der Waals surface area contributed by atoms with Crippen molar-refractivity contribution in [3.05, 3.63) is 87.1 Å². The van der Waals surface area contributed by atoms with Crippen LogP contribution in [0.3, 0.4) is 0 Å². The van der Waals surface area contributed by atoms with Gasteiger partial charge in [0.1, 0.15) is 18.2 Å². The molecule has 2 aromatic carbocycles. The highest BCUT2D eigenvalue weighted by Crippen LogP contribution is 2.36. The number of amides is 5. The maximum absolute atomic E-state index is 13.3. The average molecular weight is 778 g/mol. The molecule has 1 unspecified atom stereocenters. The minimum absolute atomic E-state index is 0.0511. The number of nitrogens with one attached hydrogen (secondary N) is 2. The number of aromatic nitrogens is 1. The quantitative estimate of drug-likeness (QED) is 0.278. The van der Waals surface area contributed by atoms with Gasteiger partial charge < -0.3 is 15.0 Å². The fraction of sp³-hybridized carbons (Fsp3) is 0.452. The fourth-order valence-electron chi connectivity index (χ4n) is 9.02. The second kappa shape index (κ2) is 15.7. The molecule has 1 saturated heterocycles. The molecule has 5 aliphatic rings. The molecular formula is C42H44ClN7O6. The van der Waals surface area contributed by atoms with Crippen molar-refractivity contribution in [1.29, 1.82) is 5.26 Å². The molecule has 56 heavy (non-hydrogen) atoms. The van der Waals surface area contributed by atoms with Crippen LogP contribution in [0.5, 0.6) is 5.88 Å². The first-order chi connectivity index (χ1) is 27.0. The van der Waals surface area contributed by atoms with Crippen LogP contribution in [0, 0.1) is 17.2 Å². The number of piperidine rings is 1. The molecule has 0 radical (unpaired) electrons. The third-order valence-corrected chi connectivity index (χ3v) is 12.5. The second-order valence-electron chi connectivity index (χ2n) is 15.8. The van der Waals surface area contributed by atoms with E-state index in [2.05, 4.69) is 31.5 Å². The van der Waals surface area contributed by atoms with Gasteiger partial charge in [0, 0.05) is 63.1 Å². The Morgan fingerprint density at radius 2 is 1.64 bits per heavy atom. The van der Waals surface area contributed by atoms with E-state index in [1.54, 1.807) is 24.4 Å². The lowest BCUT2D eigenvalue weighted by atomic mass is 9.87. The zero-order valence-electron chi connectivity index (χ0n) is 31.3. The molecule has 1 atom stereocenters. The highest BCUT2D eigenvalue weighted by Gasteiger charge is 2.45. The van der Waals surface area contributed by atoms with Crippen LogP contribution in [-0.2, 0) is 22.7 Å². The molecule has 3 aromatic rings. The van der Waals surface area contributed by atoms with Crippen LogP contribution in [-0.4, -0.2) is 82.1 Å². The predicted octanol–water partition coefficient (Wildman–Crippen LogP) is 5.14. The van der Waals surface area contributed by atoms with Crippen molar-refractivity contribution in [3.8, 4) is 11.9 Å². The van der Waals surface area contributed by atoms with Gasteiger partial charge in [0.15, 0.2) is 0 Å². The summed E-state index contributed by atoms with van der Waals surface area (Å²) in [5.41, 5.74) is 4.65. The van der Waals surface area contributed by atoms with Crippen molar-refractivity contribution < 1.29 is 28.7 Å². The first kappa shape index (κ1) is 37.6. The summed E-state index contributed by atoms with van der Waals surface area (Å²) in [7, 11) is 2.04. The summed E-state index contributed by atoms with van der Waals surface area (Å²) in [5.74, 6) is -1.08. The summed E-state index contributed by atoms with van der Waals surface area (Å²) in [6.07, 6.45) is 9.27. The zero-order valence-corrected chi connectivity index (χ0v) is 32.0. The number of ether oxygens (including phenoxy) is 1. The maximum Gasteiger partial charge on any atom is 0.262 e. The van der Waals surface area contributed by atoms with Gasteiger partial charge in [-0.25, -0.2) is 4.98 Å². The molecule has 0 bridgehead atoms. The highest BCUT2D eigenvalue weighted by molar-refractivity contribution is 6.32. The van der Waals surface area contributed by atoms with Gasteiger partial charge in [-0.3, -0.25) is 39.1 Å². The molecule has 5 amide bonds. The average Bonchev–Trinajstić information content (AvgIpc) is 3.70. The van der Waals surface area contributed by atoms with Gasteiger partial charge in [-0.15, -0.1) is 0 Å². The van der Waals surface area contributed by atoms with Crippen LogP contribution < -0.4 is 20.3 Å². The van der Waals surface area contributed by atoms with Crippen molar-refractivity contribution in [2.24, 2.45) is 5.92 Å². The van der Waals surface area contributed by atoms with Gasteiger partial charge >= 0.3 is 0 Å². The van der Waals surface area contributed by atoms with Crippen molar-refractivity contribution in [2.75, 3.05) is 18.5 Å². The van der Waals surface area contributed by atoms with Crippen molar-refractivity contribution in [3.63, 3.8) is 0 Å². The van der Waals surface area contributed by atoms with Crippen molar-refractivity contribution in [1.82, 2.24) is 25.4 Å². The smallest absolute Gasteiger partial charge is 0.262 e. The SMILES string of the molecule is CN(c1ccc(C#N)c(Cl)c1)[C@H]1CC[C@H](NC(=O)c2ccc(O[C@H]3CC[C@H](CN4Cc5cc6c(cc5C4)C(=O)N(C4CCC(=O)NC4=O)C6=O)CC3)nc2)CC1. The van der Waals surface area contributed by atoms with E-state index in [0.29, 0.717) is 58.2 Å². The third kappa shape index (κ3) is 7.60. The number of fused-ring (bicyclic) bond motifs is 2. The minimum Gasteiger partial charge on any atom is -0.474 e. The molecule has 8 rings (SSSR count). The van der Waals surface area contributed by atoms with Crippen LogP contribution in [0.2, 0.25) is 5.02 Å². The van der Waals surface area contributed by atoms with E-state index >= 15 is 0 Å². The normalized spacial score (nSPS) is 24.9. The summed E-state index contributed by atoms with van der Waals surface area (Å²) in [6, 6.07) is 14.2. The Bertz CT molecular complexity index is 2080. The van der Waals surface area contributed by atoms with Gasteiger partial charge in [-0.05, 0) is 111 Å². The molecule has 290 valence electrons. The number of rotatable bonds is 9. The molecular weight excluding hydrogens is 734 g/mol. The summed E-state index contributed by atoms with van der Waals surface area (Å²) in [6.45, 7) is 2.29. The van der Waals surface area contributed by atoms with E-state index in [1.807, 2.05) is 31.3 Å². The largest absolute Gasteiger partial charge is 0.474 e. The number of imide groups is 2.